The lowest BCUT2D eigenvalue weighted by Crippen LogP contribution is -2.38. The maximum absolute atomic E-state index is 12.1. The number of nitrogens with one attached hydrogen (secondary N) is 3. The molecule has 1 atom stereocenters. The van der Waals surface area contributed by atoms with Crippen molar-refractivity contribution in [3.63, 3.8) is 0 Å². The molecule has 0 saturated carbocycles. The third-order valence-electron chi connectivity index (χ3n) is 3.79. The first-order chi connectivity index (χ1) is 14.1. The monoisotopic (exact) mass is 432 g/mol. The van der Waals surface area contributed by atoms with Gasteiger partial charge >= 0.3 is 6.09 Å². The average molecular weight is 433 g/mol. The Morgan fingerprint density at radius 3 is 2.43 bits per heavy atom. The fourth-order valence-electron chi connectivity index (χ4n) is 2.36. The summed E-state index contributed by atoms with van der Waals surface area (Å²) >= 11 is 1.27. The number of benzene rings is 1. The Hall–Kier alpha value is -2.94. The van der Waals surface area contributed by atoms with Crippen molar-refractivity contribution in [1.82, 2.24) is 15.6 Å². The molecule has 0 fully saturated rings. The maximum Gasteiger partial charge on any atom is 0.407 e. The summed E-state index contributed by atoms with van der Waals surface area (Å²) < 4.78 is 5.18. The second kappa shape index (κ2) is 10.7. The van der Waals surface area contributed by atoms with E-state index >= 15 is 0 Å². The van der Waals surface area contributed by atoms with Crippen molar-refractivity contribution in [2.45, 2.75) is 39.7 Å². The van der Waals surface area contributed by atoms with Crippen LogP contribution in [0.4, 0.5) is 9.93 Å². The predicted molar refractivity (Wildman–Crippen MR) is 117 cm³/mol. The molecule has 3 amide bonds. The van der Waals surface area contributed by atoms with Gasteiger partial charge in [0.1, 0.15) is 5.60 Å². The zero-order valence-electron chi connectivity index (χ0n) is 17.7. The van der Waals surface area contributed by atoms with Crippen LogP contribution in [-0.4, -0.2) is 41.6 Å². The van der Waals surface area contributed by atoms with E-state index in [0.717, 1.165) is 0 Å². The van der Waals surface area contributed by atoms with Crippen LogP contribution in [0, 0.1) is 5.92 Å². The second-order valence-electron chi connectivity index (χ2n) is 7.93. The highest BCUT2D eigenvalue weighted by Crippen LogP contribution is 2.17. The van der Waals surface area contributed by atoms with Crippen molar-refractivity contribution in [3.8, 4) is 0 Å². The van der Waals surface area contributed by atoms with Crippen LogP contribution in [0.15, 0.2) is 35.7 Å². The van der Waals surface area contributed by atoms with E-state index < -0.39 is 11.7 Å². The number of alkyl carbamates (subject to hydrolysis) is 1. The molecule has 0 radical (unpaired) electrons. The number of anilines is 1. The molecule has 8 nitrogen and oxygen atoms in total. The van der Waals surface area contributed by atoms with E-state index in [-0.39, 0.29) is 24.2 Å². The molecule has 2 rings (SSSR count). The van der Waals surface area contributed by atoms with Gasteiger partial charge in [-0.25, -0.2) is 9.78 Å². The number of carbonyl (C=O) groups excluding carboxylic acids is 3. The van der Waals surface area contributed by atoms with E-state index in [1.807, 2.05) is 13.0 Å². The number of aromatic nitrogens is 1. The molecule has 9 heteroatoms. The van der Waals surface area contributed by atoms with E-state index in [9.17, 15) is 14.4 Å². The number of thiazole rings is 1. The van der Waals surface area contributed by atoms with Crippen molar-refractivity contribution in [1.29, 1.82) is 0 Å². The maximum atomic E-state index is 12.1. The van der Waals surface area contributed by atoms with Gasteiger partial charge in [-0.1, -0.05) is 25.1 Å². The highest BCUT2D eigenvalue weighted by molar-refractivity contribution is 7.14. The summed E-state index contributed by atoms with van der Waals surface area (Å²) in [4.78, 5) is 40.2. The van der Waals surface area contributed by atoms with Crippen LogP contribution in [0.2, 0.25) is 0 Å². The van der Waals surface area contributed by atoms with Crippen LogP contribution >= 0.6 is 11.3 Å². The van der Waals surface area contributed by atoms with Crippen molar-refractivity contribution >= 4 is 34.4 Å². The molecule has 0 spiro atoms. The molecule has 30 heavy (non-hydrogen) atoms. The van der Waals surface area contributed by atoms with Crippen LogP contribution in [0.1, 0.15) is 43.7 Å². The Balaban J connectivity index is 1.71. The summed E-state index contributed by atoms with van der Waals surface area (Å²) in [5, 5.41) is 10.4. The highest BCUT2D eigenvalue weighted by Gasteiger charge is 2.17. The largest absolute Gasteiger partial charge is 0.444 e. The molecule has 0 bridgehead atoms. The summed E-state index contributed by atoms with van der Waals surface area (Å²) in [6.45, 7) is 8.11. The van der Waals surface area contributed by atoms with Crippen molar-refractivity contribution in [2.24, 2.45) is 5.92 Å². The van der Waals surface area contributed by atoms with E-state index in [0.29, 0.717) is 29.5 Å². The van der Waals surface area contributed by atoms with Gasteiger partial charge in [-0.3, -0.25) is 14.9 Å². The van der Waals surface area contributed by atoms with Gasteiger partial charge in [0.2, 0.25) is 5.91 Å². The number of ether oxygens (including phenoxy) is 1. The number of nitrogens with zero attached hydrogens (tertiary/aromatic N) is 1. The topological polar surface area (TPSA) is 109 Å². The number of rotatable bonds is 8. The summed E-state index contributed by atoms with van der Waals surface area (Å²) in [5.41, 5.74) is 0.579. The van der Waals surface area contributed by atoms with Gasteiger partial charge in [0, 0.05) is 24.0 Å². The second-order valence-corrected chi connectivity index (χ2v) is 8.79. The third-order valence-corrected chi connectivity index (χ3v) is 4.60. The molecular weight excluding hydrogens is 404 g/mol. The van der Waals surface area contributed by atoms with Gasteiger partial charge in [0.15, 0.2) is 5.13 Å². The minimum absolute atomic E-state index is 0.0395. The number of carbonyl (C=O) groups is 3. The minimum atomic E-state index is -0.547. The van der Waals surface area contributed by atoms with Crippen LogP contribution in [-0.2, 0) is 16.0 Å². The Bertz CT molecular complexity index is 861. The normalized spacial score (nSPS) is 12.0. The molecule has 1 aromatic heterocycles. The average Bonchev–Trinajstić information content (AvgIpc) is 3.10. The first kappa shape index (κ1) is 23.3. The predicted octanol–water partition coefficient (Wildman–Crippen LogP) is 3.21. The lowest BCUT2D eigenvalue weighted by molar-refractivity contribution is -0.120. The van der Waals surface area contributed by atoms with Crippen LogP contribution in [0.25, 0.3) is 0 Å². The van der Waals surface area contributed by atoms with E-state index in [4.69, 9.17) is 4.74 Å². The summed E-state index contributed by atoms with van der Waals surface area (Å²) in [6.07, 6.45) is -0.363. The zero-order chi connectivity index (χ0) is 22.1. The number of amides is 3. The molecule has 3 N–H and O–H groups in total. The minimum Gasteiger partial charge on any atom is -0.444 e. The van der Waals surface area contributed by atoms with Crippen molar-refractivity contribution in [3.05, 3.63) is 47.0 Å². The van der Waals surface area contributed by atoms with Gasteiger partial charge in [-0.2, -0.15) is 0 Å². The molecule has 0 unspecified atom stereocenters. The smallest absolute Gasteiger partial charge is 0.407 e. The molecule has 0 saturated heterocycles. The van der Waals surface area contributed by atoms with Crippen LogP contribution < -0.4 is 16.0 Å². The molecular formula is C21H28N4O4S. The molecule has 0 aliphatic heterocycles. The molecule has 0 aliphatic rings. The number of hydrogen-bond acceptors (Lipinski definition) is 6. The van der Waals surface area contributed by atoms with Gasteiger partial charge in [-0.15, -0.1) is 11.3 Å². The molecule has 1 aromatic carbocycles. The fraction of sp³-hybridized carbons (Fsp3) is 0.429. The quantitative estimate of drug-likeness (QED) is 0.593. The van der Waals surface area contributed by atoms with E-state index in [1.54, 1.807) is 50.4 Å². The van der Waals surface area contributed by atoms with Gasteiger partial charge in [-0.05, 0) is 38.8 Å². The molecule has 162 valence electrons. The van der Waals surface area contributed by atoms with Gasteiger partial charge < -0.3 is 15.4 Å². The van der Waals surface area contributed by atoms with E-state index in [2.05, 4.69) is 20.9 Å². The summed E-state index contributed by atoms with van der Waals surface area (Å²) in [5.74, 6) is -0.379. The van der Waals surface area contributed by atoms with Gasteiger partial charge in [0.25, 0.3) is 5.91 Å². The fourth-order valence-corrected chi connectivity index (χ4v) is 3.07. The molecule has 0 aliphatic carbocycles. The zero-order valence-corrected chi connectivity index (χ0v) is 18.5. The highest BCUT2D eigenvalue weighted by atomic mass is 32.1. The molecule has 2 aromatic rings. The van der Waals surface area contributed by atoms with Crippen LogP contribution in [0.5, 0.6) is 0 Å². The SMILES string of the molecule is C[C@H](CNC(=O)Cc1csc(NC(=O)c2ccccc2)n1)CNC(=O)OC(C)(C)C. The number of hydrogen-bond donors (Lipinski definition) is 3. The van der Waals surface area contributed by atoms with E-state index in [1.165, 1.54) is 11.3 Å². The van der Waals surface area contributed by atoms with Gasteiger partial charge in [0.05, 0.1) is 12.1 Å². The lowest BCUT2D eigenvalue weighted by Gasteiger charge is -2.20. The van der Waals surface area contributed by atoms with Crippen molar-refractivity contribution in [2.75, 3.05) is 18.4 Å². The molecule has 1 heterocycles. The summed E-state index contributed by atoms with van der Waals surface area (Å²) in [7, 11) is 0. The standard InChI is InChI=1S/C21H28N4O4S/c1-14(12-23-20(28)29-21(2,3)4)11-22-17(26)10-16-13-30-19(24-16)25-18(27)15-8-6-5-7-9-15/h5-9,13-14H,10-12H2,1-4H3,(H,22,26)(H,23,28)(H,24,25,27)/t14-/m1/s1. The Labute approximate surface area is 180 Å². The Kier molecular flexibility index (Phi) is 8.35. The third kappa shape index (κ3) is 8.60. The Morgan fingerprint density at radius 1 is 1.10 bits per heavy atom. The lowest BCUT2D eigenvalue weighted by atomic mass is 10.2. The first-order valence-corrected chi connectivity index (χ1v) is 10.5. The summed E-state index contributed by atoms with van der Waals surface area (Å²) in [6, 6.07) is 8.85. The first-order valence-electron chi connectivity index (χ1n) is 9.67. The Morgan fingerprint density at radius 2 is 1.77 bits per heavy atom. The van der Waals surface area contributed by atoms with Crippen LogP contribution in [0.3, 0.4) is 0 Å². The van der Waals surface area contributed by atoms with Crippen molar-refractivity contribution < 1.29 is 19.1 Å².